The van der Waals surface area contributed by atoms with Gasteiger partial charge in [0.1, 0.15) is 0 Å². The molecule has 0 saturated carbocycles. The first-order valence-electron chi connectivity index (χ1n) is 6.33. The molecule has 16 heavy (non-hydrogen) atoms. The molecule has 0 aliphatic carbocycles. The van der Waals surface area contributed by atoms with Crippen LogP contribution in [0, 0.1) is 0 Å². The summed E-state index contributed by atoms with van der Waals surface area (Å²) >= 11 is 2.13. The second-order valence-corrected chi connectivity index (χ2v) is 5.85. The predicted octanol–water partition coefficient (Wildman–Crippen LogP) is 1.44. The van der Waals surface area contributed by atoms with Gasteiger partial charge in [-0.05, 0) is 13.3 Å². The molecule has 0 aromatic heterocycles. The van der Waals surface area contributed by atoms with Gasteiger partial charge in [0.05, 0.1) is 6.61 Å². The van der Waals surface area contributed by atoms with Crippen LogP contribution in [-0.2, 0) is 4.74 Å². The maximum absolute atomic E-state index is 5.02. The number of nitrogens with one attached hydrogen (secondary N) is 1. The second-order valence-electron chi connectivity index (χ2n) is 4.44. The molecule has 2 unspecified atom stereocenters. The topological polar surface area (TPSA) is 24.5 Å². The fourth-order valence-electron chi connectivity index (χ4n) is 2.00. The monoisotopic (exact) mass is 246 g/mol. The van der Waals surface area contributed by atoms with E-state index in [1.165, 1.54) is 25.3 Å². The first kappa shape index (κ1) is 14.3. The summed E-state index contributed by atoms with van der Waals surface area (Å²) in [6.07, 6.45) is 1.30. The van der Waals surface area contributed by atoms with Gasteiger partial charge in [0, 0.05) is 50.3 Å². The van der Waals surface area contributed by atoms with Crippen molar-refractivity contribution in [2.45, 2.75) is 31.6 Å². The molecule has 1 rings (SSSR count). The van der Waals surface area contributed by atoms with Crippen molar-refractivity contribution < 1.29 is 4.74 Å². The summed E-state index contributed by atoms with van der Waals surface area (Å²) < 4.78 is 5.02. The molecule has 0 bridgehead atoms. The number of thioether (sulfide) groups is 1. The zero-order valence-corrected chi connectivity index (χ0v) is 11.7. The highest BCUT2D eigenvalue weighted by atomic mass is 32.2. The van der Waals surface area contributed by atoms with E-state index >= 15 is 0 Å². The van der Waals surface area contributed by atoms with Gasteiger partial charge in [-0.3, -0.25) is 4.90 Å². The SMILES string of the molecule is CCC1CN(C(C)CNCCOC)CCS1. The molecule has 1 aliphatic heterocycles. The second kappa shape index (κ2) is 8.34. The summed E-state index contributed by atoms with van der Waals surface area (Å²) in [5.41, 5.74) is 0. The van der Waals surface area contributed by atoms with Gasteiger partial charge in [0.25, 0.3) is 0 Å². The van der Waals surface area contributed by atoms with E-state index in [1.807, 2.05) is 0 Å². The van der Waals surface area contributed by atoms with Gasteiger partial charge in [-0.1, -0.05) is 6.92 Å². The van der Waals surface area contributed by atoms with E-state index < -0.39 is 0 Å². The van der Waals surface area contributed by atoms with Crippen LogP contribution in [0.2, 0.25) is 0 Å². The molecule has 0 amide bonds. The molecule has 4 heteroatoms. The van der Waals surface area contributed by atoms with Crippen molar-refractivity contribution in [1.82, 2.24) is 10.2 Å². The molecule has 0 aromatic rings. The van der Waals surface area contributed by atoms with Crippen molar-refractivity contribution in [3.8, 4) is 0 Å². The van der Waals surface area contributed by atoms with Crippen LogP contribution in [-0.4, -0.2) is 61.8 Å². The summed E-state index contributed by atoms with van der Waals surface area (Å²) in [4.78, 5) is 2.62. The number of rotatable bonds is 7. The number of hydrogen-bond donors (Lipinski definition) is 1. The highest BCUT2D eigenvalue weighted by Crippen LogP contribution is 2.22. The van der Waals surface area contributed by atoms with E-state index in [0.717, 1.165) is 24.9 Å². The Labute approximate surface area is 104 Å². The Balaban J connectivity index is 2.16. The molecule has 1 heterocycles. The summed E-state index contributed by atoms with van der Waals surface area (Å²) in [6, 6.07) is 0.645. The minimum atomic E-state index is 0.645. The Morgan fingerprint density at radius 2 is 2.38 bits per heavy atom. The minimum Gasteiger partial charge on any atom is -0.383 e. The third-order valence-corrected chi connectivity index (χ3v) is 4.54. The summed E-state index contributed by atoms with van der Waals surface area (Å²) in [5, 5.41) is 4.29. The first-order chi connectivity index (χ1) is 7.77. The molecule has 0 radical (unpaired) electrons. The molecule has 1 aliphatic rings. The minimum absolute atomic E-state index is 0.645. The van der Waals surface area contributed by atoms with Crippen LogP contribution in [0.5, 0.6) is 0 Å². The number of methoxy groups -OCH3 is 1. The number of hydrogen-bond acceptors (Lipinski definition) is 4. The zero-order valence-electron chi connectivity index (χ0n) is 10.9. The standard InChI is InChI=1S/C12H26N2OS/c1-4-12-10-14(6-8-16-12)11(2)9-13-5-7-15-3/h11-13H,4-10H2,1-3H3. The maximum atomic E-state index is 5.02. The van der Waals surface area contributed by atoms with Crippen LogP contribution < -0.4 is 5.32 Å². The van der Waals surface area contributed by atoms with Crippen molar-refractivity contribution in [1.29, 1.82) is 0 Å². The van der Waals surface area contributed by atoms with Gasteiger partial charge >= 0.3 is 0 Å². The van der Waals surface area contributed by atoms with E-state index in [-0.39, 0.29) is 0 Å². The lowest BCUT2D eigenvalue weighted by Crippen LogP contribution is -2.47. The highest BCUT2D eigenvalue weighted by molar-refractivity contribution is 8.00. The van der Waals surface area contributed by atoms with Crippen LogP contribution in [0.1, 0.15) is 20.3 Å². The summed E-state index contributed by atoms with van der Waals surface area (Å²) in [7, 11) is 1.75. The number of nitrogens with zero attached hydrogens (tertiary/aromatic N) is 1. The van der Waals surface area contributed by atoms with Crippen molar-refractivity contribution in [3.63, 3.8) is 0 Å². The lowest BCUT2D eigenvalue weighted by Gasteiger charge is -2.36. The van der Waals surface area contributed by atoms with E-state index in [2.05, 4.69) is 35.8 Å². The van der Waals surface area contributed by atoms with Gasteiger partial charge in [0.15, 0.2) is 0 Å². The van der Waals surface area contributed by atoms with E-state index in [9.17, 15) is 0 Å². The van der Waals surface area contributed by atoms with Crippen molar-refractivity contribution >= 4 is 11.8 Å². The average molecular weight is 246 g/mol. The van der Waals surface area contributed by atoms with Crippen molar-refractivity contribution in [3.05, 3.63) is 0 Å². The lowest BCUT2D eigenvalue weighted by molar-refractivity contribution is 0.184. The van der Waals surface area contributed by atoms with Gasteiger partial charge < -0.3 is 10.1 Å². The molecular weight excluding hydrogens is 220 g/mol. The Hall–Kier alpha value is 0.230. The van der Waals surface area contributed by atoms with Gasteiger partial charge in [-0.15, -0.1) is 0 Å². The van der Waals surface area contributed by atoms with Crippen LogP contribution in [0.3, 0.4) is 0 Å². The van der Waals surface area contributed by atoms with Crippen molar-refractivity contribution in [2.75, 3.05) is 45.6 Å². The lowest BCUT2D eigenvalue weighted by atomic mass is 10.2. The quantitative estimate of drug-likeness (QED) is 0.687. The zero-order chi connectivity index (χ0) is 11.8. The van der Waals surface area contributed by atoms with Crippen LogP contribution >= 0.6 is 11.8 Å². The largest absolute Gasteiger partial charge is 0.383 e. The van der Waals surface area contributed by atoms with Gasteiger partial charge in [-0.2, -0.15) is 11.8 Å². The van der Waals surface area contributed by atoms with Crippen molar-refractivity contribution in [2.24, 2.45) is 0 Å². The third-order valence-electron chi connectivity index (χ3n) is 3.17. The summed E-state index contributed by atoms with van der Waals surface area (Å²) in [5.74, 6) is 1.29. The normalized spacial score (nSPS) is 24.6. The molecule has 0 aromatic carbocycles. The molecule has 3 nitrogen and oxygen atoms in total. The molecule has 1 N–H and O–H groups in total. The summed E-state index contributed by atoms with van der Waals surface area (Å²) in [6.45, 7) is 9.96. The van der Waals surface area contributed by atoms with E-state index in [1.54, 1.807) is 7.11 Å². The predicted molar refractivity (Wildman–Crippen MR) is 72.3 cm³/mol. The Morgan fingerprint density at radius 1 is 1.56 bits per heavy atom. The fraction of sp³-hybridized carbons (Fsp3) is 1.00. The van der Waals surface area contributed by atoms with E-state index in [4.69, 9.17) is 4.74 Å². The third kappa shape index (κ3) is 5.04. The van der Waals surface area contributed by atoms with Gasteiger partial charge in [-0.25, -0.2) is 0 Å². The molecule has 1 fully saturated rings. The Bertz CT molecular complexity index is 180. The maximum Gasteiger partial charge on any atom is 0.0587 e. The molecule has 96 valence electrons. The van der Waals surface area contributed by atoms with E-state index in [0.29, 0.717) is 6.04 Å². The highest BCUT2D eigenvalue weighted by Gasteiger charge is 2.22. The van der Waals surface area contributed by atoms with Crippen LogP contribution in [0.15, 0.2) is 0 Å². The molecule has 2 atom stereocenters. The number of ether oxygens (including phenoxy) is 1. The molecule has 1 saturated heterocycles. The molecule has 0 spiro atoms. The van der Waals surface area contributed by atoms with Crippen LogP contribution in [0.4, 0.5) is 0 Å². The Morgan fingerprint density at radius 3 is 3.06 bits per heavy atom. The molecular formula is C12H26N2OS. The van der Waals surface area contributed by atoms with Gasteiger partial charge in [0.2, 0.25) is 0 Å². The van der Waals surface area contributed by atoms with Crippen LogP contribution in [0.25, 0.3) is 0 Å². The average Bonchev–Trinajstić information content (AvgIpc) is 2.34. The smallest absolute Gasteiger partial charge is 0.0587 e. The first-order valence-corrected chi connectivity index (χ1v) is 7.38. The Kier molecular flexibility index (Phi) is 7.45. The fourth-order valence-corrected chi connectivity index (χ4v) is 3.21.